The number of unbranched alkanes of at least 4 members (excludes halogenated alkanes) is 1. The van der Waals surface area contributed by atoms with Gasteiger partial charge in [-0.2, -0.15) is 0 Å². The predicted octanol–water partition coefficient (Wildman–Crippen LogP) is 3.33. The molecule has 0 amide bonds. The van der Waals surface area contributed by atoms with Gasteiger partial charge in [0, 0.05) is 12.2 Å². The maximum Gasteiger partial charge on any atom is 0.0115 e. The van der Waals surface area contributed by atoms with Crippen molar-refractivity contribution in [3.8, 4) is 0 Å². The Morgan fingerprint density at radius 2 is 2.00 bits per heavy atom. The highest BCUT2D eigenvalue weighted by Crippen LogP contribution is 2.12. The van der Waals surface area contributed by atoms with Crippen molar-refractivity contribution < 1.29 is 0 Å². The summed E-state index contributed by atoms with van der Waals surface area (Å²) in [6.45, 7) is 9.94. The molecule has 1 heteroatoms. The molecule has 0 aliphatic heterocycles. The van der Waals surface area contributed by atoms with Crippen LogP contribution in [0.25, 0.3) is 0 Å². The number of rotatable bonds is 6. The van der Waals surface area contributed by atoms with E-state index in [1.54, 1.807) is 0 Å². The molecule has 0 bridgehead atoms. The Bertz CT molecular complexity index is 127. The fourth-order valence-corrected chi connectivity index (χ4v) is 1.17. The fraction of sp³-hybridized carbons (Fsp3) is 0.818. The second kappa shape index (κ2) is 7.20. The van der Waals surface area contributed by atoms with Crippen LogP contribution in [0, 0.1) is 5.92 Å². The van der Waals surface area contributed by atoms with Crippen molar-refractivity contribution in [2.24, 2.45) is 5.92 Å². The lowest BCUT2D eigenvalue weighted by Gasteiger charge is -2.15. The number of nitrogens with one attached hydrogen (secondary N) is 1. The highest BCUT2D eigenvalue weighted by molar-refractivity contribution is 5.02. The molecule has 0 rings (SSSR count). The molecule has 0 aromatic heterocycles. The third kappa shape index (κ3) is 4.42. The normalized spacial score (nSPS) is 14.5. The highest BCUT2D eigenvalue weighted by Gasteiger charge is 2.03. The van der Waals surface area contributed by atoms with E-state index in [-0.39, 0.29) is 0 Å². The van der Waals surface area contributed by atoms with Gasteiger partial charge in [0.1, 0.15) is 0 Å². The minimum Gasteiger partial charge on any atom is -0.389 e. The summed E-state index contributed by atoms with van der Waals surface area (Å²) in [5.74, 6) is 0.691. The molecule has 0 saturated carbocycles. The monoisotopic (exact) mass is 169 g/mol. The fourth-order valence-electron chi connectivity index (χ4n) is 1.17. The van der Waals surface area contributed by atoms with Crippen LogP contribution in [0.15, 0.2) is 11.8 Å². The molecule has 0 aromatic rings. The minimum atomic E-state index is 0.691. The smallest absolute Gasteiger partial charge is 0.0115 e. The van der Waals surface area contributed by atoms with E-state index in [1.807, 2.05) is 0 Å². The van der Waals surface area contributed by atoms with Gasteiger partial charge in [0.25, 0.3) is 0 Å². The van der Waals surface area contributed by atoms with Crippen LogP contribution in [0.3, 0.4) is 0 Å². The van der Waals surface area contributed by atoms with Crippen LogP contribution in [0.1, 0.15) is 47.0 Å². The summed E-state index contributed by atoms with van der Waals surface area (Å²) in [5.41, 5.74) is 1.43. The first-order valence-corrected chi connectivity index (χ1v) is 5.20. The minimum absolute atomic E-state index is 0.691. The molecule has 12 heavy (non-hydrogen) atoms. The number of allylic oxidation sites excluding steroid dienone is 2. The van der Waals surface area contributed by atoms with Crippen molar-refractivity contribution in [3.05, 3.63) is 11.8 Å². The predicted molar refractivity (Wildman–Crippen MR) is 56.1 cm³/mol. The summed E-state index contributed by atoms with van der Waals surface area (Å²) in [5, 5.41) is 3.43. The van der Waals surface area contributed by atoms with Gasteiger partial charge in [0.2, 0.25) is 0 Å². The Hall–Kier alpha value is -0.460. The first-order chi connectivity index (χ1) is 5.76. The van der Waals surface area contributed by atoms with Gasteiger partial charge in [-0.3, -0.25) is 0 Å². The van der Waals surface area contributed by atoms with E-state index < -0.39 is 0 Å². The molecular formula is C11H23N. The molecule has 1 N–H and O–H groups in total. The van der Waals surface area contributed by atoms with Crippen molar-refractivity contribution in [1.29, 1.82) is 0 Å². The first-order valence-electron chi connectivity index (χ1n) is 5.20. The van der Waals surface area contributed by atoms with Crippen molar-refractivity contribution >= 4 is 0 Å². The Labute approximate surface area is 77.2 Å². The lowest BCUT2D eigenvalue weighted by molar-refractivity contribution is 0.590. The SMILES string of the molecule is CCC/C=C(\NCC)C(C)CC. The third-order valence-corrected chi connectivity index (χ3v) is 2.18. The summed E-state index contributed by atoms with van der Waals surface area (Å²) < 4.78 is 0. The Morgan fingerprint density at radius 3 is 2.42 bits per heavy atom. The molecule has 0 radical (unpaired) electrons. The molecule has 0 heterocycles. The van der Waals surface area contributed by atoms with E-state index in [4.69, 9.17) is 0 Å². The molecule has 0 aromatic carbocycles. The summed E-state index contributed by atoms with van der Waals surface area (Å²) in [7, 11) is 0. The van der Waals surface area contributed by atoms with E-state index in [1.165, 1.54) is 25.0 Å². The molecule has 0 fully saturated rings. The van der Waals surface area contributed by atoms with E-state index >= 15 is 0 Å². The van der Waals surface area contributed by atoms with Crippen LogP contribution in [-0.2, 0) is 0 Å². The topological polar surface area (TPSA) is 12.0 Å². The molecule has 1 atom stereocenters. The summed E-state index contributed by atoms with van der Waals surface area (Å²) in [6, 6.07) is 0. The maximum atomic E-state index is 3.43. The van der Waals surface area contributed by atoms with E-state index in [2.05, 4.69) is 39.1 Å². The molecule has 1 unspecified atom stereocenters. The summed E-state index contributed by atoms with van der Waals surface area (Å²) in [4.78, 5) is 0. The molecule has 0 spiro atoms. The quantitative estimate of drug-likeness (QED) is 0.643. The Balaban J connectivity index is 4.01. The molecule has 72 valence electrons. The number of hydrogen-bond acceptors (Lipinski definition) is 1. The van der Waals surface area contributed by atoms with Gasteiger partial charge in [0.05, 0.1) is 0 Å². The molecule has 1 nitrogen and oxygen atoms in total. The number of hydrogen-bond donors (Lipinski definition) is 1. The highest BCUT2D eigenvalue weighted by atomic mass is 14.9. The van der Waals surface area contributed by atoms with Gasteiger partial charge in [-0.25, -0.2) is 0 Å². The molecule has 0 saturated heterocycles. The molecule has 0 aliphatic rings. The lowest BCUT2D eigenvalue weighted by atomic mass is 10.0. The average Bonchev–Trinajstić information content (AvgIpc) is 2.11. The summed E-state index contributed by atoms with van der Waals surface area (Å²) in [6.07, 6.45) is 6.01. The standard InChI is InChI=1S/C11H23N/c1-5-8-9-11(12-7-3)10(4)6-2/h9-10,12H,5-8H2,1-4H3/b11-9-. The summed E-state index contributed by atoms with van der Waals surface area (Å²) >= 11 is 0. The van der Waals surface area contributed by atoms with Crippen molar-refractivity contribution in [2.45, 2.75) is 47.0 Å². The van der Waals surface area contributed by atoms with Gasteiger partial charge >= 0.3 is 0 Å². The zero-order chi connectivity index (χ0) is 9.40. The van der Waals surface area contributed by atoms with Crippen LogP contribution in [-0.4, -0.2) is 6.54 Å². The van der Waals surface area contributed by atoms with Gasteiger partial charge in [0.15, 0.2) is 0 Å². The second-order valence-electron chi connectivity index (χ2n) is 3.29. The average molecular weight is 169 g/mol. The second-order valence-corrected chi connectivity index (χ2v) is 3.29. The first kappa shape index (κ1) is 11.5. The van der Waals surface area contributed by atoms with Gasteiger partial charge in [-0.1, -0.05) is 33.3 Å². The van der Waals surface area contributed by atoms with Crippen LogP contribution in [0.5, 0.6) is 0 Å². The van der Waals surface area contributed by atoms with E-state index in [0.717, 1.165) is 6.54 Å². The Kier molecular flexibility index (Phi) is 6.93. The van der Waals surface area contributed by atoms with Crippen LogP contribution < -0.4 is 5.32 Å². The zero-order valence-electron chi connectivity index (χ0n) is 8.98. The van der Waals surface area contributed by atoms with Crippen LogP contribution >= 0.6 is 0 Å². The molecule has 0 aliphatic carbocycles. The lowest BCUT2D eigenvalue weighted by Crippen LogP contribution is -2.17. The maximum absolute atomic E-state index is 3.43. The largest absolute Gasteiger partial charge is 0.389 e. The Morgan fingerprint density at radius 1 is 1.33 bits per heavy atom. The molecular weight excluding hydrogens is 146 g/mol. The van der Waals surface area contributed by atoms with Crippen molar-refractivity contribution in [2.75, 3.05) is 6.54 Å². The van der Waals surface area contributed by atoms with Gasteiger partial charge in [-0.15, -0.1) is 0 Å². The van der Waals surface area contributed by atoms with Gasteiger partial charge < -0.3 is 5.32 Å². The third-order valence-electron chi connectivity index (χ3n) is 2.18. The zero-order valence-corrected chi connectivity index (χ0v) is 8.98. The van der Waals surface area contributed by atoms with Crippen molar-refractivity contribution in [3.63, 3.8) is 0 Å². The van der Waals surface area contributed by atoms with Crippen LogP contribution in [0.2, 0.25) is 0 Å². The van der Waals surface area contributed by atoms with E-state index in [9.17, 15) is 0 Å². The van der Waals surface area contributed by atoms with Crippen molar-refractivity contribution in [1.82, 2.24) is 5.32 Å². The van der Waals surface area contributed by atoms with E-state index in [0.29, 0.717) is 5.92 Å². The van der Waals surface area contributed by atoms with Gasteiger partial charge in [-0.05, 0) is 25.7 Å². The van der Waals surface area contributed by atoms with Crippen LogP contribution in [0.4, 0.5) is 0 Å².